The molecule has 1 aliphatic rings. The molecule has 0 bridgehead atoms. The number of carbonyl (C=O) groups excluding carboxylic acids is 1. The molecule has 1 saturated carbocycles. The molecule has 0 heterocycles. The van der Waals surface area contributed by atoms with Gasteiger partial charge in [0.25, 0.3) is 5.91 Å². The lowest BCUT2D eigenvalue weighted by Crippen LogP contribution is -2.34. The van der Waals surface area contributed by atoms with Crippen LogP contribution in [0.1, 0.15) is 35.7 Å². The molecular formula is C19H21FN2O3S. The van der Waals surface area contributed by atoms with E-state index in [1.807, 2.05) is 6.92 Å². The second-order valence-corrected chi connectivity index (χ2v) is 8.41. The zero-order valence-corrected chi connectivity index (χ0v) is 15.4. The number of nitrogens with one attached hydrogen (secondary N) is 2. The fourth-order valence-electron chi connectivity index (χ4n) is 2.74. The van der Waals surface area contributed by atoms with Crippen molar-refractivity contribution in [2.75, 3.05) is 5.32 Å². The Kier molecular flexibility index (Phi) is 5.11. The molecule has 0 radical (unpaired) electrons. The first-order valence-electron chi connectivity index (χ1n) is 8.46. The molecule has 0 unspecified atom stereocenters. The van der Waals surface area contributed by atoms with Crippen molar-refractivity contribution in [3.8, 4) is 0 Å². The van der Waals surface area contributed by atoms with Crippen LogP contribution in [0.25, 0.3) is 0 Å². The van der Waals surface area contributed by atoms with Crippen LogP contribution < -0.4 is 10.0 Å². The molecule has 7 heteroatoms. The fraction of sp³-hybridized carbons (Fsp3) is 0.316. The molecule has 2 aromatic rings. The van der Waals surface area contributed by atoms with Gasteiger partial charge in [-0.25, -0.2) is 17.5 Å². The van der Waals surface area contributed by atoms with Crippen molar-refractivity contribution in [3.05, 3.63) is 59.4 Å². The Labute approximate surface area is 152 Å². The van der Waals surface area contributed by atoms with Crippen LogP contribution in [-0.2, 0) is 10.0 Å². The van der Waals surface area contributed by atoms with Gasteiger partial charge in [0.15, 0.2) is 0 Å². The first kappa shape index (κ1) is 18.5. The molecule has 3 rings (SSSR count). The minimum Gasteiger partial charge on any atom is -0.322 e. The zero-order chi connectivity index (χ0) is 18.9. The number of amides is 1. The largest absolute Gasteiger partial charge is 0.322 e. The zero-order valence-electron chi connectivity index (χ0n) is 14.6. The SMILES string of the molecule is Cc1cc(NC(=O)c2cccc(S(=O)(=O)N[C@@H](C)C3CC3)c2)ccc1F. The number of aryl methyl sites for hydroxylation is 1. The van der Waals surface area contributed by atoms with Gasteiger partial charge in [-0.1, -0.05) is 6.07 Å². The lowest BCUT2D eigenvalue weighted by Gasteiger charge is -2.14. The van der Waals surface area contributed by atoms with Gasteiger partial charge in [-0.15, -0.1) is 0 Å². The van der Waals surface area contributed by atoms with Gasteiger partial charge < -0.3 is 5.32 Å². The number of benzene rings is 2. The highest BCUT2D eigenvalue weighted by Gasteiger charge is 2.31. The van der Waals surface area contributed by atoms with Gasteiger partial charge in [-0.2, -0.15) is 0 Å². The summed E-state index contributed by atoms with van der Waals surface area (Å²) in [6.07, 6.45) is 2.06. The van der Waals surface area contributed by atoms with E-state index < -0.39 is 15.9 Å². The van der Waals surface area contributed by atoms with Crippen LogP contribution >= 0.6 is 0 Å². The maximum atomic E-state index is 13.3. The average molecular weight is 376 g/mol. The number of hydrogen-bond acceptors (Lipinski definition) is 3. The molecule has 0 saturated heterocycles. The maximum absolute atomic E-state index is 13.3. The molecular weight excluding hydrogens is 355 g/mol. The Bertz CT molecular complexity index is 940. The number of carbonyl (C=O) groups is 1. The highest BCUT2D eigenvalue weighted by atomic mass is 32.2. The van der Waals surface area contributed by atoms with Gasteiger partial charge in [-0.05, 0) is 74.6 Å². The summed E-state index contributed by atoms with van der Waals surface area (Å²) in [5.74, 6) is -0.423. The fourth-order valence-corrected chi connectivity index (χ4v) is 4.09. The van der Waals surface area contributed by atoms with Crippen LogP contribution in [0.5, 0.6) is 0 Å². The van der Waals surface area contributed by atoms with Gasteiger partial charge in [0, 0.05) is 17.3 Å². The molecule has 1 amide bonds. The lowest BCUT2D eigenvalue weighted by molar-refractivity contribution is 0.102. The molecule has 1 atom stereocenters. The third kappa shape index (κ3) is 4.28. The van der Waals surface area contributed by atoms with Gasteiger partial charge >= 0.3 is 0 Å². The predicted molar refractivity (Wildman–Crippen MR) is 98.0 cm³/mol. The normalized spacial score (nSPS) is 15.5. The van der Waals surface area contributed by atoms with E-state index in [0.29, 0.717) is 17.2 Å². The summed E-state index contributed by atoms with van der Waals surface area (Å²) in [7, 11) is -3.69. The second kappa shape index (κ2) is 7.17. The van der Waals surface area contributed by atoms with E-state index in [9.17, 15) is 17.6 Å². The van der Waals surface area contributed by atoms with Crippen LogP contribution in [0.15, 0.2) is 47.4 Å². The number of sulfonamides is 1. The number of rotatable bonds is 6. The number of hydrogen-bond donors (Lipinski definition) is 2. The first-order chi connectivity index (χ1) is 12.3. The Morgan fingerprint density at radius 1 is 1.19 bits per heavy atom. The number of halogens is 1. The Hall–Kier alpha value is -2.25. The van der Waals surface area contributed by atoms with Crippen LogP contribution in [0.2, 0.25) is 0 Å². The van der Waals surface area contributed by atoms with Crippen molar-refractivity contribution < 1.29 is 17.6 Å². The van der Waals surface area contributed by atoms with Crippen molar-refractivity contribution in [1.82, 2.24) is 4.72 Å². The summed E-state index contributed by atoms with van der Waals surface area (Å²) in [5.41, 5.74) is 1.08. The first-order valence-corrected chi connectivity index (χ1v) is 9.94. The quantitative estimate of drug-likeness (QED) is 0.811. The van der Waals surface area contributed by atoms with Gasteiger partial charge in [0.05, 0.1) is 4.90 Å². The second-order valence-electron chi connectivity index (χ2n) is 6.69. The molecule has 138 valence electrons. The van der Waals surface area contributed by atoms with Crippen LogP contribution in [-0.4, -0.2) is 20.4 Å². The van der Waals surface area contributed by atoms with E-state index in [1.54, 1.807) is 6.92 Å². The summed E-state index contributed by atoms with van der Waals surface area (Å²) in [6.45, 7) is 3.45. The molecule has 0 aliphatic heterocycles. The Balaban J connectivity index is 1.77. The smallest absolute Gasteiger partial charge is 0.255 e. The van der Waals surface area contributed by atoms with Crippen LogP contribution in [0.4, 0.5) is 10.1 Å². The summed E-state index contributed by atoms with van der Waals surface area (Å²) >= 11 is 0. The van der Waals surface area contributed by atoms with Crippen molar-refractivity contribution >= 4 is 21.6 Å². The molecule has 1 fully saturated rings. The van der Waals surface area contributed by atoms with E-state index in [-0.39, 0.29) is 22.3 Å². The summed E-state index contributed by atoms with van der Waals surface area (Å²) in [4.78, 5) is 12.5. The summed E-state index contributed by atoms with van der Waals surface area (Å²) in [5, 5.41) is 2.65. The molecule has 2 N–H and O–H groups in total. The summed E-state index contributed by atoms with van der Waals surface area (Å²) in [6, 6.07) is 9.99. The molecule has 5 nitrogen and oxygen atoms in total. The topological polar surface area (TPSA) is 75.3 Å². The van der Waals surface area contributed by atoms with E-state index in [2.05, 4.69) is 10.0 Å². The minimum absolute atomic E-state index is 0.0490. The van der Waals surface area contributed by atoms with Crippen molar-refractivity contribution in [1.29, 1.82) is 0 Å². The highest BCUT2D eigenvalue weighted by molar-refractivity contribution is 7.89. The van der Waals surface area contributed by atoms with Crippen molar-refractivity contribution in [2.45, 2.75) is 37.6 Å². The van der Waals surface area contributed by atoms with E-state index in [1.165, 1.54) is 42.5 Å². The summed E-state index contributed by atoms with van der Waals surface area (Å²) < 4.78 is 41.0. The molecule has 26 heavy (non-hydrogen) atoms. The molecule has 0 aromatic heterocycles. The van der Waals surface area contributed by atoms with Gasteiger partial charge in [0.1, 0.15) is 5.82 Å². The van der Waals surface area contributed by atoms with E-state index >= 15 is 0 Å². The molecule has 0 spiro atoms. The lowest BCUT2D eigenvalue weighted by atomic mass is 10.2. The van der Waals surface area contributed by atoms with Gasteiger partial charge in [0.2, 0.25) is 10.0 Å². The maximum Gasteiger partial charge on any atom is 0.255 e. The third-order valence-electron chi connectivity index (χ3n) is 4.49. The van der Waals surface area contributed by atoms with E-state index in [4.69, 9.17) is 0 Å². The van der Waals surface area contributed by atoms with Crippen molar-refractivity contribution in [2.24, 2.45) is 5.92 Å². The Morgan fingerprint density at radius 3 is 2.58 bits per heavy atom. The number of anilines is 1. The third-order valence-corrected chi connectivity index (χ3v) is 6.05. The highest BCUT2D eigenvalue weighted by Crippen LogP contribution is 2.33. The predicted octanol–water partition coefficient (Wildman–Crippen LogP) is 3.46. The molecule has 1 aliphatic carbocycles. The monoisotopic (exact) mass is 376 g/mol. The minimum atomic E-state index is -3.69. The van der Waals surface area contributed by atoms with Gasteiger partial charge in [-0.3, -0.25) is 4.79 Å². The van der Waals surface area contributed by atoms with Crippen LogP contribution in [0.3, 0.4) is 0 Å². The van der Waals surface area contributed by atoms with E-state index in [0.717, 1.165) is 12.8 Å². The van der Waals surface area contributed by atoms with Crippen LogP contribution in [0, 0.1) is 18.7 Å². The average Bonchev–Trinajstić information content (AvgIpc) is 3.43. The van der Waals surface area contributed by atoms with Crippen molar-refractivity contribution in [3.63, 3.8) is 0 Å². The Morgan fingerprint density at radius 2 is 1.92 bits per heavy atom. The standard InChI is InChI=1S/C19H21FN2O3S/c1-12-10-16(8-9-18(12)20)21-19(23)15-4-3-5-17(11-15)26(24,25)22-13(2)14-6-7-14/h3-5,8-11,13-14,22H,6-7H2,1-2H3,(H,21,23)/t13-/m0/s1. The molecule has 2 aromatic carbocycles.